The Labute approximate surface area is 171 Å². The Bertz CT molecular complexity index is 1010. The number of hydrogen-bond acceptors (Lipinski definition) is 5. The Hall–Kier alpha value is -2.67. The predicted octanol–water partition coefficient (Wildman–Crippen LogP) is 3.40. The maximum Gasteiger partial charge on any atom is 0.408 e. The molecule has 3 atom stereocenters. The van der Waals surface area contributed by atoms with Crippen molar-refractivity contribution in [3.8, 4) is 0 Å². The Kier molecular flexibility index (Phi) is 5.30. The SMILES string of the molecule is Cc1ccc(C2C(S(=O)(=O)c3ccccc3)C2(C=O)NC(=O)OC(C)(C)C)cc1. The van der Waals surface area contributed by atoms with Gasteiger partial charge in [-0.1, -0.05) is 48.0 Å². The topological polar surface area (TPSA) is 89.5 Å². The van der Waals surface area contributed by atoms with E-state index in [-0.39, 0.29) is 4.90 Å². The molecule has 3 rings (SSSR count). The summed E-state index contributed by atoms with van der Waals surface area (Å²) in [6.45, 7) is 7.01. The third-order valence-electron chi connectivity index (χ3n) is 4.93. The normalized spacial score (nSPS) is 23.9. The Balaban J connectivity index is 2.04. The van der Waals surface area contributed by atoms with Crippen LogP contribution in [0.4, 0.5) is 4.79 Å². The van der Waals surface area contributed by atoms with E-state index in [4.69, 9.17) is 4.74 Å². The van der Waals surface area contributed by atoms with Gasteiger partial charge in [0, 0.05) is 5.92 Å². The molecular weight excluding hydrogens is 390 g/mol. The molecule has 0 aliphatic heterocycles. The lowest BCUT2D eigenvalue weighted by Crippen LogP contribution is -2.45. The van der Waals surface area contributed by atoms with Gasteiger partial charge in [-0.2, -0.15) is 0 Å². The molecule has 6 nitrogen and oxygen atoms in total. The summed E-state index contributed by atoms with van der Waals surface area (Å²) in [6, 6.07) is 15.2. The highest BCUT2D eigenvalue weighted by molar-refractivity contribution is 7.92. The average molecular weight is 416 g/mol. The van der Waals surface area contributed by atoms with Crippen LogP contribution in [0.15, 0.2) is 59.5 Å². The van der Waals surface area contributed by atoms with Crippen LogP contribution in [0.2, 0.25) is 0 Å². The number of aryl methyl sites for hydroxylation is 1. The summed E-state index contributed by atoms with van der Waals surface area (Å²) in [6.07, 6.45) is -0.306. The van der Waals surface area contributed by atoms with Crippen LogP contribution in [0.5, 0.6) is 0 Å². The molecule has 0 radical (unpaired) electrons. The Morgan fingerprint density at radius 1 is 1.07 bits per heavy atom. The molecule has 3 unspecified atom stereocenters. The van der Waals surface area contributed by atoms with Crippen molar-refractivity contribution in [2.45, 2.75) is 54.9 Å². The highest BCUT2D eigenvalue weighted by Crippen LogP contribution is 2.56. The fourth-order valence-corrected chi connectivity index (χ4v) is 5.86. The third kappa shape index (κ3) is 4.05. The number of aldehydes is 1. The molecule has 2 aromatic carbocycles. The van der Waals surface area contributed by atoms with E-state index in [0.29, 0.717) is 11.8 Å². The maximum absolute atomic E-state index is 13.3. The molecule has 0 heterocycles. The van der Waals surface area contributed by atoms with E-state index in [2.05, 4.69) is 5.32 Å². The fraction of sp³-hybridized carbons (Fsp3) is 0.364. The molecule has 7 heteroatoms. The van der Waals surface area contributed by atoms with Crippen LogP contribution in [0.1, 0.15) is 37.8 Å². The van der Waals surface area contributed by atoms with E-state index in [9.17, 15) is 18.0 Å². The summed E-state index contributed by atoms with van der Waals surface area (Å²) in [4.78, 5) is 24.7. The van der Waals surface area contributed by atoms with Gasteiger partial charge < -0.3 is 14.8 Å². The molecular formula is C22H25NO5S. The van der Waals surface area contributed by atoms with Gasteiger partial charge >= 0.3 is 6.09 Å². The van der Waals surface area contributed by atoms with Crippen LogP contribution in [-0.4, -0.2) is 37.2 Å². The first kappa shape index (κ1) is 21.0. The third-order valence-corrected chi connectivity index (χ3v) is 7.19. The minimum atomic E-state index is -3.88. The second kappa shape index (κ2) is 7.30. The van der Waals surface area contributed by atoms with Gasteiger partial charge in [-0.05, 0) is 45.4 Å². The van der Waals surface area contributed by atoms with E-state index in [1.165, 1.54) is 12.1 Å². The van der Waals surface area contributed by atoms with Gasteiger partial charge in [0.25, 0.3) is 0 Å². The molecule has 0 saturated heterocycles. The largest absolute Gasteiger partial charge is 0.444 e. The molecule has 2 aromatic rings. The zero-order chi connectivity index (χ0) is 21.4. The van der Waals surface area contributed by atoms with Gasteiger partial charge in [0.05, 0.1) is 4.90 Å². The van der Waals surface area contributed by atoms with Gasteiger partial charge in [0.15, 0.2) is 9.84 Å². The van der Waals surface area contributed by atoms with Crippen molar-refractivity contribution in [3.63, 3.8) is 0 Å². The van der Waals surface area contributed by atoms with Crippen molar-refractivity contribution in [2.75, 3.05) is 0 Å². The summed E-state index contributed by atoms with van der Waals surface area (Å²) in [5.74, 6) is -0.710. The molecule has 1 saturated carbocycles. The monoisotopic (exact) mass is 415 g/mol. The molecule has 1 fully saturated rings. The Morgan fingerprint density at radius 3 is 2.17 bits per heavy atom. The van der Waals surface area contributed by atoms with Crippen LogP contribution in [0.25, 0.3) is 0 Å². The van der Waals surface area contributed by atoms with Crippen LogP contribution >= 0.6 is 0 Å². The first-order valence-electron chi connectivity index (χ1n) is 9.34. The molecule has 1 amide bonds. The number of hydrogen-bond donors (Lipinski definition) is 1. The van der Waals surface area contributed by atoms with Gasteiger partial charge in [0.2, 0.25) is 0 Å². The Morgan fingerprint density at radius 2 is 1.66 bits per heavy atom. The van der Waals surface area contributed by atoms with E-state index in [1.807, 2.05) is 19.1 Å². The second-order valence-electron chi connectivity index (χ2n) is 8.34. The lowest BCUT2D eigenvalue weighted by Gasteiger charge is -2.22. The van der Waals surface area contributed by atoms with E-state index >= 15 is 0 Å². The lowest BCUT2D eigenvalue weighted by molar-refractivity contribution is -0.110. The van der Waals surface area contributed by atoms with Crippen molar-refractivity contribution in [3.05, 3.63) is 65.7 Å². The second-order valence-corrected chi connectivity index (χ2v) is 10.4. The number of sulfone groups is 1. The minimum Gasteiger partial charge on any atom is -0.444 e. The molecule has 0 bridgehead atoms. The molecule has 1 aliphatic carbocycles. The van der Waals surface area contributed by atoms with Crippen molar-refractivity contribution in [1.29, 1.82) is 0 Å². The molecule has 0 aromatic heterocycles. The average Bonchev–Trinajstić information content (AvgIpc) is 3.31. The van der Waals surface area contributed by atoms with Crippen LogP contribution in [0.3, 0.4) is 0 Å². The number of carbonyl (C=O) groups excluding carboxylic acids is 2. The van der Waals surface area contributed by atoms with Crippen molar-refractivity contribution in [2.24, 2.45) is 0 Å². The fourth-order valence-electron chi connectivity index (χ4n) is 3.59. The zero-order valence-corrected chi connectivity index (χ0v) is 17.7. The highest BCUT2D eigenvalue weighted by Gasteiger charge is 2.73. The number of amides is 1. The molecule has 29 heavy (non-hydrogen) atoms. The van der Waals surface area contributed by atoms with Gasteiger partial charge in [-0.3, -0.25) is 0 Å². The smallest absolute Gasteiger partial charge is 0.408 e. The van der Waals surface area contributed by atoms with Crippen molar-refractivity contribution >= 4 is 22.2 Å². The lowest BCUT2D eigenvalue weighted by atomic mass is 10.1. The van der Waals surface area contributed by atoms with Crippen LogP contribution in [0, 0.1) is 6.92 Å². The standard InChI is InChI=1S/C22H25NO5S/c1-15-10-12-16(13-11-15)18-19(29(26,27)17-8-6-5-7-9-17)22(18,14-24)23-20(25)28-21(2,3)4/h5-14,18-19H,1-4H3,(H,23,25). The van der Waals surface area contributed by atoms with Crippen molar-refractivity contribution in [1.82, 2.24) is 5.32 Å². The number of carbonyl (C=O) groups is 2. The van der Waals surface area contributed by atoms with Gasteiger partial charge in [-0.25, -0.2) is 13.2 Å². The molecule has 0 spiro atoms. The number of ether oxygens (including phenoxy) is 1. The number of alkyl carbamates (subject to hydrolysis) is 1. The molecule has 154 valence electrons. The summed E-state index contributed by atoms with van der Waals surface area (Å²) in [5.41, 5.74) is -0.695. The molecule has 1 N–H and O–H groups in total. The van der Waals surface area contributed by atoms with E-state index < -0.39 is 38.2 Å². The van der Waals surface area contributed by atoms with Gasteiger partial charge in [-0.15, -0.1) is 0 Å². The summed E-state index contributed by atoms with van der Waals surface area (Å²) in [7, 11) is -3.88. The summed E-state index contributed by atoms with van der Waals surface area (Å²) >= 11 is 0. The van der Waals surface area contributed by atoms with Crippen LogP contribution in [-0.2, 0) is 19.4 Å². The van der Waals surface area contributed by atoms with Crippen molar-refractivity contribution < 1.29 is 22.7 Å². The van der Waals surface area contributed by atoms with E-state index in [1.54, 1.807) is 51.1 Å². The number of nitrogens with one attached hydrogen (secondary N) is 1. The quantitative estimate of drug-likeness (QED) is 0.756. The summed E-state index contributed by atoms with van der Waals surface area (Å²) in [5, 5.41) is 1.43. The maximum atomic E-state index is 13.3. The first-order valence-corrected chi connectivity index (χ1v) is 10.9. The minimum absolute atomic E-state index is 0.108. The number of rotatable bonds is 5. The zero-order valence-electron chi connectivity index (χ0n) is 16.9. The number of benzene rings is 2. The highest BCUT2D eigenvalue weighted by atomic mass is 32.2. The summed E-state index contributed by atoms with van der Waals surface area (Å²) < 4.78 is 32.0. The predicted molar refractivity (Wildman–Crippen MR) is 110 cm³/mol. The van der Waals surface area contributed by atoms with E-state index in [0.717, 1.165) is 5.56 Å². The first-order chi connectivity index (χ1) is 13.5. The molecule has 1 aliphatic rings. The van der Waals surface area contributed by atoms with Crippen LogP contribution < -0.4 is 5.32 Å². The van der Waals surface area contributed by atoms with Gasteiger partial charge in [0.1, 0.15) is 22.7 Å².